The molecule has 0 bridgehead atoms. The first kappa shape index (κ1) is 21.8. The fourth-order valence-corrected chi connectivity index (χ4v) is 3.39. The molecule has 156 valence electrons. The number of pyridine rings is 1. The Labute approximate surface area is 179 Å². The monoisotopic (exact) mass is 402 g/mol. The van der Waals surface area contributed by atoms with Crippen LogP contribution in [0.25, 0.3) is 11.1 Å². The molecule has 0 spiro atoms. The highest BCUT2D eigenvalue weighted by Gasteiger charge is 2.14. The topological polar surface area (TPSA) is 45.6 Å². The molecule has 4 nitrogen and oxygen atoms in total. The zero-order valence-corrected chi connectivity index (χ0v) is 17.8. The molecule has 30 heavy (non-hydrogen) atoms. The van der Waals surface area contributed by atoms with Gasteiger partial charge in [0.2, 0.25) is 0 Å². The summed E-state index contributed by atoms with van der Waals surface area (Å²) in [5.74, 6) is 0.867. The second-order valence-electron chi connectivity index (χ2n) is 7.46. The van der Waals surface area contributed by atoms with Gasteiger partial charge >= 0.3 is 0 Å². The third-order valence-corrected chi connectivity index (χ3v) is 4.91. The molecule has 3 rings (SSSR count). The van der Waals surface area contributed by atoms with E-state index in [-0.39, 0.29) is 6.61 Å². The van der Waals surface area contributed by atoms with E-state index in [9.17, 15) is 5.11 Å². The highest BCUT2D eigenvalue weighted by molar-refractivity contribution is 5.98. The number of hydrogen-bond acceptors (Lipinski definition) is 4. The molecule has 0 saturated carbocycles. The van der Waals surface area contributed by atoms with Gasteiger partial charge in [-0.05, 0) is 73.0 Å². The lowest BCUT2D eigenvalue weighted by Crippen LogP contribution is -2.19. The molecule has 4 heteroatoms. The lowest BCUT2D eigenvalue weighted by molar-refractivity contribution is 0.261. The SMILES string of the molecule is CN(C)CCOc1ccc(C(=C(CCCO)c2cccnc2)c2ccccc2)cc1. The summed E-state index contributed by atoms with van der Waals surface area (Å²) in [5, 5.41) is 9.48. The molecule has 1 N–H and O–H groups in total. The molecular formula is C26H30N2O2. The molecule has 0 unspecified atom stereocenters. The number of aliphatic hydroxyl groups excluding tert-OH is 1. The minimum atomic E-state index is 0.157. The summed E-state index contributed by atoms with van der Waals surface area (Å²) in [6.07, 6.45) is 5.16. The summed E-state index contributed by atoms with van der Waals surface area (Å²) in [4.78, 5) is 6.43. The predicted molar refractivity (Wildman–Crippen MR) is 123 cm³/mol. The molecule has 0 aliphatic rings. The molecule has 2 aromatic carbocycles. The van der Waals surface area contributed by atoms with Crippen LogP contribution in [0.15, 0.2) is 79.1 Å². The molecule has 0 fully saturated rings. The van der Waals surface area contributed by atoms with Gasteiger partial charge in [0.1, 0.15) is 12.4 Å². The minimum Gasteiger partial charge on any atom is -0.492 e. The van der Waals surface area contributed by atoms with Gasteiger partial charge in [-0.2, -0.15) is 0 Å². The van der Waals surface area contributed by atoms with Crippen LogP contribution in [0.3, 0.4) is 0 Å². The fourth-order valence-electron chi connectivity index (χ4n) is 3.39. The summed E-state index contributed by atoms with van der Waals surface area (Å²) in [6.45, 7) is 1.69. The first-order chi connectivity index (χ1) is 14.7. The maximum Gasteiger partial charge on any atom is 0.119 e. The van der Waals surface area contributed by atoms with E-state index in [1.54, 1.807) is 6.20 Å². The fraction of sp³-hybridized carbons (Fsp3) is 0.269. The van der Waals surface area contributed by atoms with Crippen molar-refractivity contribution in [2.45, 2.75) is 12.8 Å². The van der Waals surface area contributed by atoms with Crippen LogP contribution in [0, 0.1) is 0 Å². The van der Waals surface area contributed by atoms with E-state index in [2.05, 4.69) is 52.3 Å². The zero-order chi connectivity index (χ0) is 21.2. The zero-order valence-electron chi connectivity index (χ0n) is 17.8. The number of likely N-dealkylation sites (N-methyl/N-ethyl adjacent to an activating group) is 1. The Morgan fingerprint density at radius 3 is 2.23 bits per heavy atom. The number of nitrogens with zero attached hydrogens (tertiary/aromatic N) is 2. The van der Waals surface area contributed by atoms with Gasteiger partial charge in [0.05, 0.1) is 0 Å². The Balaban J connectivity index is 2.03. The van der Waals surface area contributed by atoms with E-state index in [0.29, 0.717) is 13.0 Å². The highest BCUT2D eigenvalue weighted by Crippen LogP contribution is 2.35. The Morgan fingerprint density at radius 1 is 0.900 bits per heavy atom. The number of ether oxygens (including phenoxy) is 1. The molecular weight excluding hydrogens is 372 g/mol. The molecule has 0 aliphatic carbocycles. The Hall–Kier alpha value is -2.95. The average Bonchev–Trinajstić information content (AvgIpc) is 2.78. The number of aromatic nitrogens is 1. The lowest BCUT2D eigenvalue weighted by atomic mass is 9.88. The van der Waals surface area contributed by atoms with Crippen LogP contribution < -0.4 is 4.74 Å². The molecule has 0 radical (unpaired) electrons. The molecule has 0 aliphatic heterocycles. The number of allylic oxidation sites excluding steroid dienone is 1. The van der Waals surface area contributed by atoms with Crippen molar-refractivity contribution in [2.75, 3.05) is 33.9 Å². The summed E-state index contributed by atoms with van der Waals surface area (Å²) in [5.41, 5.74) is 5.70. The van der Waals surface area contributed by atoms with Crippen molar-refractivity contribution >= 4 is 11.1 Å². The normalized spacial score (nSPS) is 12.0. The van der Waals surface area contributed by atoms with Gasteiger partial charge < -0.3 is 14.7 Å². The van der Waals surface area contributed by atoms with E-state index >= 15 is 0 Å². The number of benzene rings is 2. The molecule has 0 saturated heterocycles. The standard InChI is InChI=1S/C26H30N2O2/c1-28(2)17-19-30-24-14-12-22(13-15-24)26(21-8-4-3-5-9-21)25(11-7-18-29)23-10-6-16-27-20-23/h3-6,8-10,12-16,20,29H,7,11,17-19H2,1-2H3. The van der Waals surface area contributed by atoms with Gasteiger partial charge in [-0.1, -0.05) is 48.5 Å². The van der Waals surface area contributed by atoms with Gasteiger partial charge in [0.25, 0.3) is 0 Å². The molecule has 1 aromatic heterocycles. The molecule has 0 amide bonds. The van der Waals surface area contributed by atoms with Gasteiger partial charge in [0, 0.05) is 25.5 Å². The third kappa shape index (κ3) is 6.02. The largest absolute Gasteiger partial charge is 0.492 e. The third-order valence-electron chi connectivity index (χ3n) is 4.91. The van der Waals surface area contributed by atoms with Crippen molar-refractivity contribution in [3.63, 3.8) is 0 Å². The van der Waals surface area contributed by atoms with E-state index in [4.69, 9.17) is 4.74 Å². The minimum absolute atomic E-state index is 0.157. The van der Waals surface area contributed by atoms with Crippen molar-refractivity contribution in [1.29, 1.82) is 0 Å². The number of rotatable bonds is 10. The van der Waals surface area contributed by atoms with Crippen molar-refractivity contribution in [2.24, 2.45) is 0 Å². The molecule has 0 atom stereocenters. The second-order valence-corrected chi connectivity index (χ2v) is 7.46. The first-order valence-electron chi connectivity index (χ1n) is 10.4. The van der Waals surface area contributed by atoms with Crippen molar-refractivity contribution in [3.8, 4) is 5.75 Å². The summed E-state index contributed by atoms with van der Waals surface area (Å²) in [6, 6.07) is 22.7. The predicted octanol–water partition coefficient (Wildman–Crippen LogP) is 4.75. The van der Waals surface area contributed by atoms with Gasteiger partial charge in [-0.15, -0.1) is 0 Å². The second kappa shape index (κ2) is 11.3. The van der Waals surface area contributed by atoms with E-state index in [1.165, 1.54) is 5.57 Å². The van der Waals surface area contributed by atoms with Gasteiger partial charge in [0.15, 0.2) is 0 Å². The maximum atomic E-state index is 9.48. The number of aliphatic hydroxyl groups is 1. The lowest BCUT2D eigenvalue weighted by Gasteiger charge is -2.18. The van der Waals surface area contributed by atoms with Crippen LogP contribution in [-0.4, -0.2) is 48.8 Å². The highest BCUT2D eigenvalue weighted by atomic mass is 16.5. The van der Waals surface area contributed by atoms with Crippen molar-refractivity contribution in [1.82, 2.24) is 9.88 Å². The number of hydrogen-bond donors (Lipinski definition) is 1. The van der Waals surface area contributed by atoms with Crippen molar-refractivity contribution < 1.29 is 9.84 Å². The molecule has 1 heterocycles. The van der Waals surface area contributed by atoms with Crippen molar-refractivity contribution in [3.05, 3.63) is 95.8 Å². The summed E-state index contributed by atoms with van der Waals surface area (Å²) in [7, 11) is 4.07. The van der Waals surface area contributed by atoms with Crippen LogP contribution in [0.5, 0.6) is 5.75 Å². The maximum absolute atomic E-state index is 9.48. The van der Waals surface area contributed by atoms with Gasteiger partial charge in [-0.3, -0.25) is 4.98 Å². The van der Waals surface area contributed by atoms with E-state index < -0.39 is 0 Å². The van der Waals surface area contributed by atoms with E-state index in [0.717, 1.165) is 41.0 Å². The van der Waals surface area contributed by atoms with Crippen LogP contribution in [0.2, 0.25) is 0 Å². The Bertz CT molecular complexity index is 920. The van der Waals surface area contributed by atoms with Crippen LogP contribution in [-0.2, 0) is 0 Å². The van der Waals surface area contributed by atoms with Gasteiger partial charge in [-0.25, -0.2) is 0 Å². The summed E-state index contributed by atoms with van der Waals surface area (Å²) >= 11 is 0. The van der Waals surface area contributed by atoms with Crippen LogP contribution >= 0.6 is 0 Å². The Morgan fingerprint density at radius 2 is 1.60 bits per heavy atom. The van der Waals surface area contributed by atoms with Crippen LogP contribution in [0.4, 0.5) is 0 Å². The first-order valence-corrected chi connectivity index (χ1v) is 10.4. The van der Waals surface area contributed by atoms with Crippen LogP contribution in [0.1, 0.15) is 29.5 Å². The quantitative estimate of drug-likeness (QED) is 0.531. The smallest absolute Gasteiger partial charge is 0.119 e. The average molecular weight is 403 g/mol. The molecule has 3 aromatic rings. The summed E-state index contributed by atoms with van der Waals surface area (Å²) < 4.78 is 5.87. The Kier molecular flexibility index (Phi) is 8.19. The van der Waals surface area contributed by atoms with E-state index in [1.807, 2.05) is 44.6 Å².